The van der Waals surface area contributed by atoms with Crippen LogP contribution in [0.25, 0.3) is 0 Å². The Hall–Kier alpha value is -3.14. The first-order valence-corrected chi connectivity index (χ1v) is 14.7. The number of carbonyl (C=O) groups excluding carboxylic acids is 4. The minimum absolute atomic E-state index is 0.00702. The maximum absolute atomic E-state index is 13.7. The molecule has 1 saturated heterocycles. The third-order valence-corrected chi connectivity index (χ3v) is 8.19. The first kappa shape index (κ1) is 29.8. The zero-order valence-electron chi connectivity index (χ0n) is 24.2. The number of morpholine rings is 1. The van der Waals surface area contributed by atoms with Crippen LogP contribution < -0.4 is 20.7 Å². The summed E-state index contributed by atoms with van der Waals surface area (Å²) >= 11 is 0. The summed E-state index contributed by atoms with van der Waals surface area (Å²) in [5, 5.41) is 9.07. The van der Waals surface area contributed by atoms with E-state index in [2.05, 4.69) is 16.0 Å². The van der Waals surface area contributed by atoms with Gasteiger partial charge in [-0.3, -0.25) is 19.2 Å². The first-order chi connectivity index (χ1) is 19.1. The predicted molar refractivity (Wildman–Crippen MR) is 150 cm³/mol. The van der Waals surface area contributed by atoms with Crippen LogP contribution in [-0.4, -0.2) is 78.1 Å². The number of nitrogens with one attached hydrogen (secondary N) is 3. The fraction of sp³-hybridized carbons (Fsp3) is 0.667. The Morgan fingerprint density at radius 1 is 1.00 bits per heavy atom. The zero-order valence-corrected chi connectivity index (χ0v) is 24.2. The van der Waals surface area contributed by atoms with Crippen molar-refractivity contribution in [2.45, 2.75) is 102 Å². The van der Waals surface area contributed by atoms with Crippen molar-refractivity contribution in [1.82, 2.24) is 20.9 Å². The van der Waals surface area contributed by atoms with Gasteiger partial charge >= 0.3 is 0 Å². The number of carbonyl (C=O) groups is 4. The van der Waals surface area contributed by atoms with E-state index in [9.17, 15) is 19.2 Å². The van der Waals surface area contributed by atoms with Crippen molar-refractivity contribution in [3.05, 3.63) is 29.8 Å². The van der Waals surface area contributed by atoms with Crippen LogP contribution in [0.3, 0.4) is 0 Å². The molecule has 4 atom stereocenters. The molecule has 0 aromatic heterocycles. The van der Waals surface area contributed by atoms with E-state index in [0.717, 1.165) is 19.3 Å². The summed E-state index contributed by atoms with van der Waals surface area (Å²) in [4.78, 5) is 55.9. The molecule has 1 aromatic carbocycles. The van der Waals surface area contributed by atoms with Gasteiger partial charge in [0.2, 0.25) is 17.7 Å². The van der Waals surface area contributed by atoms with Crippen LogP contribution in [0.2, 0.25) is 0 Å². The average Bonchev–Trinajstić information content (AvgIpc) is 2.92. The Kier molecular flexibility index (Phi) is 9.71. The van der Waals surface area contributed by atoms with E-state index in [1.807, 2.05) is 27.7 Å². The Morgan fingerprint density at radius 3 is 2.35 bits per heavy atom. The average molecular weight is 557 g/mol. The maximum atomic E-state index is 13.7. The van der Waals surface area contributed by atoms with E-state index in [-0.39, 0.29) is 61.3 Å². The third-order valence-electron chi connectivity index (χ3n) is 8.19. The van der Waals surface area contributed by atoms with Gasteiger partial charge in [0.05, 0.1) is 23.8 Å². The molecule has 10 heteroatoms. The monoisotopic (exact) mass is 556 g/mol. The topological polar surface area (TPSA) is 126 Å². The third kappa shape index (κ3) is 7.13. The molecular formula is C30H44N4O6. The van der Waals surface area contributed by atoms with E-state index < -0.39 is 17.5 Å². The minimum atomic E-state index is -1.00. The molecule has 1 saturated carbocycles. The molecule has 2 aliphatic heterocycles. The highest BCUT2D eigenvalue weighted by atomic mass is 16.5. The highest BCUT2D eigenvalue weighted by Crippen LogP contribution is 2.30. The van der Waals surface area contributed by atoms with Crippen molar-refractivity contribution in [3.63, 3.8) is 0 Å². The van der Waals surface area contributed by atoms with Crippen molar-refractivity contribution < 1.29 is 28.7 Å². The summed E-state index contributed by atoms with van der Waals surface area (Å²) in [5.74, 6) is -0.790. The molecule has 3 aliphatic rings. The van der Waals surface area contributed by atoms with Crippen molar-refractivity contribution in [2.75, 3.05) is 19.7 Å². The number of hydrogen-bond acceptors (Lipinski definition) is 6. The lowest BCUT2D eigenvalue weighted by Gasteiger charge is -2.38. The van der Waals surface area contributed by atoms with Crippen LogP contribution in [-0.2, 0) is 19.1 Å². The van der Waals surface area contributed by atoms with Gasteiger partial charge in [0.1, 0.15) is 23.9 Å². The van der Waals surface area contributed by atoms with Crippen molar-refractivity contribution in [3.8, 4) is 5.75 Å². The van der Waals surface area contributed by atoms with Gasteiger partial charge in [0, 0.05) is 19.5 Å². The van der Waals surface area contributed by atoms with Gasteiger partial charge in [-0.15, -0.1) is 0 Å². The lowest BCUT2D eigenvalue weighted by Crippen LogP contribution is -2.62. The van der Waals surface area contributed by atoms with E-state index in [4.69, 9.17) is 9.47 Å². The molecule has 10 nitrogen and oxygen atoms in total. The first-order valence-electron chi connectivity index (χ1n) is 14.7. The Morgan fingerprint density at radius 2 is 1.68 bits per heavy atom. The van der Waals surface area contributed by atoms with Crippen molar-refractivity contribution >= 4 is 23.6 Å². The number of ether oxygens (including phenoxy) is 2. The Bertz CT molecular complexity index is 1080. The number of hydrogen-bond donors (Lipinski definition) is 3. The number of fused-ring (bicyclic) bond motifs is 1. The van der Waals surface area contributed by atoms with Gasteiger partial charge in [-0.05, 0) is 51.2 Å². The fourth-order valence-electron chi connectivity index (χ4n) is 5.91. The van der Waals surface area contributed by atoms with Gasteiger partial charge in [-0.2, -0.15) is 0 Å². The SMILES string of the molecule is CC(C)[C@@H]1COc2ccccc2C(=O)N[C@H](C(=O)N2C[C@@H](C)O[C@@H](C)C2)CCC(=O)NC2(CCCCC2)C(=O)N1. The number of benzene rings is 1. The zero-order chi connectivity index (χ0) is 28.9. The quantitative estimate of drug-likeness (QED) is 0.514. The number of amides is 4. The molecule has 4 rings (SSSR count). The van der Waals surface area contributed by atoms with Gasteiger partial charge in [0.25, 0.3) is 5.91 Å². The number of rotatable bonds is 2. The van der Waals surface area contributed by atoms with Crippen LogP contribution in [0, 0.1) is 5.92 Å². The van der Waals surface area contributed by atoms with Gasteiger partial charge in [0.15, 0.2) is 0 Å². The standard InChI is InChI=1S/C30H44N4O6/c1-19(2)24-18-39-25-11-7-6-10-22(25)27(36)31-23(28(37)34-16-20(3)40-21(4)17-34)12-13-26(35)33-30(29(38)32-24)14-8-5-9-15-30/h6-7,10-11,19-21,23-24H,5,8-9,12-18H2,1-4H3,(H,31,36)(H,32,38)(H,33,35)/t20-,21+,23-,24-/m0/s1. The van der Waals surface area contributed by atoms with Crippen LogP contribution in [0.4, 0.5) is 0 Å². The molecular weight excluding hydrogens is 512 g/mol. The van der Waals surface area contributed by atoms with Crippen LogP contribution in [0.5, 0.6) is 5.75 Å². The fourth-order valence-corrected chi connectivity index (χ4v) is 5.91. The van der Waals surface area contributed by atoms with Gasteiger partial charge < -0.3 is 30.3 Å². The largest absolute Gasteiger partial charge is 0.491 e. The van der Waals surface area contributed by atoms with Crippen LogP contribution >= 0.6 is 0 Å². The lowest BCUT2D eigenvalue weighted by molar-refractivity contribution is -0.145. The summed E-state index contributed by atoms with van der Waals surface area (Å²) in [5.41, 5.74) is -0.709. The van der Waals surface area contributed by atoms with E-state index in [1.165, 1.54) is 0 Å². The molecule has 0 radical (unpaired) electrons. The summed E-state index contributed by atoms with van der Waals surface area (Å²) < 4.78 is 11.9. The molecule has 3 N–H and O–H groups in total. The smallest absolute Gasteiger partial charge is 0.255 e. The van der Waals surface area contributed by atoms with E-state index >= 15 is 0 Å². The number of para-hydroxylation sites is 1. The molecule has 2 fully saturated rings. The molecule has 1 aliphatic carbocycles. The molecule has 0 unspecified atom stereocenters. The Balaban J connectivity index is 1.66. The minimum Gasteiger partial charge on any atom is -0.491 e. The highest BCUT2D eigenvalue weighted by molar-refractivity contribution is 6.00. The Labute approximate surface area is 236 Å². The molecule has 0 bridgehead atoms. The molecule has 2 heterocycles. The molecule has 4 amide bonds. The lowest BCUT2D eigenvalue weighted by atomic mass is 9.80. The van der Waals surface area contributed by atoms with Crippen molar-refractivity contribution in [2.24, 2.45) is 5.92 Å². The molecule has 220 valence electrons. The van der Waals surface area contributed by atoms with Crippen molar-refractivity contribution in [1.29, 1.82) is 0 Å². The van der Waals surface area contributed by atoms with E-state index in [1.54, 1.807) is 29.2 Å². The molecule has 1 aromatic rings. The van der Waals surface area contributed by atoms with E-state index in [0.29, 0.717) is 37.2 Å². The molecule has 40 heavy (non-hydrogen) atoms. The second-order valence-corrected chi connectivity index (χ2v) is 11.9. The van der Waals surface area contributed by atoms with Gasteiger partial charge in [-0.1, -0.05) is 45.2 Å². The second-order valence-electron chi connectivity index (χ2n) is 11.9. The van der Waals surface area contributed by atoms with Gasteiger partial charge in [-0.25, -0.2) is 0 Å². The number of nitrogens with zero attached hydrogens (tertiary/aromatic N) is 1. The van der Waals surface area contributed by atoms with Crippen LogP contribution in [0.15, 0.2) is 24.3 Å². The normalized spacial score (nSPS) is 28.3. The summed E-state index contributed by atoms with van der Waals surface area (Å²) in [6.07, 6.45) is 3.63. The van der Waals surface area contributed by atoms with Crippen LogP contribution in [0.1, 0.15) is 83.0 Å². The second kappa shape index (κ2) is 13.0. The maximum Gasteiger partial charge on any atom is 0.255 e. The molecule has 1 spiro atoms. The summed E-state index contributed by atoms with van der Waals surface area (Å²) in [6.45, 7) is 8.77. The summed E-state index contributed by atoms with van der Waals surface area (Å²) in [7, 11) is 0. The summed E-state index contributed by atoms with van der Waals surface area (Å²) in [6, 6.07) is 5.62. The predicted octanol–water partition coefficient (Wildman–Crippen LogP) is 2.55. The highest BCUT2D eigenvalue weighted by Gasteiger charge is 2.42.